The molecular formula is C2H11CoO6+. The number of hydrogen-bond donors (Lipinski definition) is 0. The summed E-state index contributed by atoms with van der Waals surface area (Å²) >= 11 is 0. The second kappa shape index (κ2) is 45.8. The Morgan fingerprint density at radius 1 is 1.11 bits per heavy atom. The molecule has 0 heterocycles. The molecule has 0 rings (SSSR count). The fourth-order valence-corrected chi connectivity index (χ4v) is 0. The molecule has 0 amide bonds. The van der Waals surface area contributed by atoms with Crippen molar-refractivity contribution < 1.29 is 48.6 Å². The first-order chi connectivity index (χ1) is 1.73. The van der Waals surface area contributed by atoms with Crippen LogP contribution in [0, 0.1) is 0 Å². The Bertz CT molecular complexity index is 34.0. The predicted molar refractivity (Wildman–Crippen MR) is 25.1 cm³/mol. The normalized spacial score (nSPS) is 2.78. The Morgan fingerprint density at radius 3 is 1.11 bits per heavy atom. The maximum absolute atomic E-state index is 8.89. The molecule has 0 aliphatic heterocycles. The predicted octanol–water partition coefficient (Wildman–Crippen LogP) is -4.55. The Hall–Kier alpha value is -0.184. The molecule has 63 valence electrons. The molecule has 0 atom stereocenters. The molecule has 7 heteroatoms. The summed E-state index contributed by atoms with van der Waals surface area (Å²) < 4.78 is 0. The Morgan fingerprint density at radius 2 is 1.11 bits per heavy atom. The van der Waals surface area contributed by atoms with Gasteiger partial charge in [-0.2, -0.15) is 0 Å². The SMILES string of the molecule is CC(=O)[O-].O.O.O.O.[Co+2]. The van der Waals surface area contributed by atoms with Crippen molar-refractivity contribution in [1.82, 2.24) is 0 Å². The van der Waals surface area contributed by atoms with Gasteiger partial charge in [0.1, 0.15) is 0 Å². The summed E-state index contributed by atoms with van der Waals surface area (Å²) in [6.45, 7) is 0.972. The summed E-state index contributed by atoms with van der Waals surface area (Å²) in [6.07, 6.45) is 0. The Kier molecular flexibility index (Phi) is 345. The number of aliphatic carboxylic acids is 1. The van der Waals surface area contributed by atoms with Crippen LogP contribution < -0.4 is 5.11 Å². The van der Waals surface area contributed by atoms with E-state index in [-0.39, 0.29) is 38.7 Å². The van der Waals surface area contributed by atoms with Gasteiger partial charge in [-0.25, -0.2) is 0 Å². The molecule has 0 saturated heterocycles. The van der Waals surface area contributed by atoms with Gasteiger partial charge in [-0.15, -0.1) is 0 Å². The Labute approximate surface area is 62.3 Å². The van der Waals surface area contributed by atoms with Crippen LogP contribution in [0.2, 0.25) is 0 Å². The minimum Gasteiger partial charge on any atom is -0.550 e. The van der Waals surface area contributed by atoms with E-state index in [0.717, 1.165) is 6.92 Å². The standard InChI is InChI=1S/C2H4O2.Co.4H2O/c1-2(3)4;;;;;/h1H3,(H,3,4);;4*1H2/q;+2;;;;/p-1. The van der Waals surface area contributed by atoms with Gasteiger partial charge in [0, 0.05) is 5.97 Å². The number of carbonyl (C=O) groups is 1. The monoisotopic (exact) mass is 190 g/mol. The molecule has 0 aliphatic carbocycles. The first-order valence-corrected chi connectivity index (χ1v) is 0.908. The van der Waals surface area contributed by atoms with Crippen LogP contribution in [0.4, 0.5) is 0 Å². The van der Waals surface area contributed by atoms with Crippen molar-refractivity contribution in [2.75, 3.05) is 0 Å². The molecular weight excluding hydrogens is 179 g/mol. The molecule has 0 aliphatic rings. The van der Waals surface area contributed by atoms with Crippen molar-refractivity contribution >= 4 is 5.97 Å². The third-order valence-corrected chi connectivity index (χ3v) is 0. The van der Waals surface area contributed by atoms with Crippen LogP contribution in [0.5, 0.6) is 0 Å². The van der Waals surface area contributed by atoms with E-state index < -0.39 is 5.97 Å². The smallest absolute Gasteiger partial charge is 0.550 e. The van der Waals surface area contributed by atoms with Gasteiger partial charge in [-0.3, -0.25) is 0 Å². The summed E-state index contributed by atoms with van der Waals surface area (Å²) in [5.74, 6) is -1.08. The van der Waals surface area contributed by atoms with E-state index in [1.807, 2.05) is 0 Å². The van der Waals surface area contributed by atoms with Crippen LogP contribution in [0.3, 0.4) is 0 Å². The van der Waals surface area contributed by atoms with Crippen molar-refractivity contribution in [3.05, 3.63) is 0 Å². The summed E-state index contributed by atoms with van der Waals surface area (Å²) in [5, 5.41) is 8.89. The number of carboxylic acid groups (broad SMARTS) is 1. The van der Waals surface area contributed by atoms with E-state index in [2.05, 4.69) is 0 Å². The van der Waals surface area contributed by atoms with E-state index in [1.165, 1.54) is 0 Å². The fraction of sp³-hybridized carbons (Fsp3) is 0.500. The van der Waals surface area contributed by atoms with Crippen molar-refractivity contribution in [3.8, 4) is 0 Å². The molecule has 6 nitrogen and oxygen atoms in total. The largest absolute Gasteiger partial charge is 2.00 e. The van der Waals surface area contributed by atoms with Gasteiger partial charge < -0.3 is 31.8 Å². The van der Waals surface area contributed by atoms with E-state index in [9.17, 15) is 0 Å². The van der Waals surface area contributed by atoms with Gasteiger partial charge in [0.15, 0.2) is 0 Å². The summed E-state index contributed by atoms with van der Waals surface area (Å²) in [7, 11) is 0. The molecule has 0 saturated carbocycles. The van der Waals surface area contributed by atoms with Crippen molar-refractivity contribution in [1.29, 1.82) is 0 Å². The second-order valence-corrected chi connectivity index (χ2v) is 0.492. The average molecular weight is 190 g/mol. The number of carboxylic acids is 1. The zero-order valence-electron chi connectivity index (χ0n) is 4.65. The van der Waals surface area contributed by atoms with Gasteiger partial charge >= 0.3 is 16.8 Å². The molecule has 0 aromatic carbocycles. The van der Waals surface area contributed by atoms with Gasteiger partial charge in [0.2, 0.25) is 0 Å². The topological polar surface area (TPSA) is 166 Å². The minimum absolute atomic E-state index is 0. The van der Waals surface area contributed by atoms with Crippen molar-refractivity contribution in [3.63, 3.8) is 0 Å². The first kappa shape index (κ1) is 67.9. The maximum atomic E-state index is 8.89. The third-order valence-electron chi connectivity index (χ3n) is 0. The molecule has 0 unspecified atom stereocenters. The van der Waals surface area contributed by atoms with Crippen molar-refractivity contribution in [2.24, 2.45) is 0 Å². The fourth-order valence-electron chi connectivity index (χ4n) is 0. The molecule has 8 N–H and O–H groups in total. The molecule has 0 aromatic rings. The zero-order chi connectivity index (χ0) is 3.58. The summed E-state index contributed by atoms with van der Waals surface area (Å²) in [5.41, 5.74) is 0. The van der Waals surface area contributed by atoms with Crippen LogP contribution in [0.1, 0.15) is 6.92 Å². The van der Waals surface area contributed by atoms with Crippen molar-refractivity contribution in [2.45, 2.75) is 6.92 Å². The van der Waals surface area contributed by atoms with E-state index in [1.54, 1.807) is 0 Å². The Balaban J connectivity index is -0.00000000450. The van der Waals surface area contributed by atoms with Gasteiger partial charge in [-0.1, -0.05) is 0 Å². The third kappa shape index (κ3) is 7850. The first-order valence-electron chi connectivity index (χ1n) is 0.908. The van der Waals surface area contributed by atoms with E-state index in [4.69, 9.17) is 9.90 Å². The zero-order valence-corrected chi connectivity index (χ0v) is 5.69. The maximum Gasteiger partial charge on any atom is 2.00 e. The number of hydrogen-bond acceptors (Lipinski definition) is 2. The molecule has 0 bridgehead atoms. The molecule has 1 radical (unpaired) electrons. The quantitative estimate of drug-likeness (QED) is 0.375. The van der Waals surface area contributed by atoms with E-state index in [0.29, 0.717) is 0 Å². The number of carbonyl (C=O) groups excluding carboxylic acids is 1. The van der Waals surface area contributed by atoms with Gasteiger partial charge in [0.05, 0.1) is 0 Å². The van der Waals surface area contributed by atoms with Gasteiger partial charge in [0.25, 0.3) is 0 Å². The second-order valence-electron chi connectivity index (χ2n) is 0.492. The van der Waals surface area contributed by atoms with Crippen LogP contribution in [-0.2, 0) is 21.6 Å². The molecule has 0 aromatic heterocycles. The molecule has 0 spiro atoms. The van der Waals surface area contributed by atoms with Crippen LogP contribution >= 0.6 is 0 Å². The minimum atomic E-state index is -1.08. The van der Waals surface area contributed by atoms with Crippen LogP contribution in [0.25, 0.3) is 0 Å². The average Bonchev–Trinajstić information content (AvgIpc) is 0.811. The summed E-state index contributed by atoms with van der Waals surface area (Å²) in [4.78, 5) is 8.89. The molecule has 9 heavy (non-hydrogen) atoms. The van der Waals surface area contributed by atoms with Crippen LogP contribution in [0.15, 0.2) is 0 Å². The molecule has 0 fully saturated rings. The van der Waals surface area contributed by atoms with Gasteiger partial charge in [-0.05, 0) is 6.92 Å². The number of rotatable bonds is 0. The summed E-state index contributed by atoms with van der Waals surface area (Å²) in [6, 6.07) is 0. The van der Waals surface area contributed by atoms with Crippen LogP contribution in [-0.4, -0.2) is 27.9 Å². The van der Waals surface area contributed by atoms with E-state index >= 15 is 0 Å².